The van der Waals surface area contributed by atoms with E-state index in [0.29, 0.717) is 18.9 Å². The van der Waals surface area contributed by atoms with E-state index in [-0.39, 0.29) is 31.2 Å². The van der Waals surface area contributed by atoms with Gasteiger partial charge in [0, 0.05) is 41.7 Å². The molecule has 0 unspecified atom stereocenters. The molecule has 2 aromatic heterocycles. The van der Waals surface area contributed by atoms with E-state index in [1.807, 2.05) is 32.3 Å². The van der Waals surface area contributed by atoms with Crippen molar-refractivity contribution in [1.82, 2.24) is 15.3 Å². The quantitative estimate of drug-likeness (QED) is 0.310. The number of hydrogen-bond donors (Lipinski definition) is 1. The summed E-state index contributed by atoms with van der Waals surface area (Å²) in [5.41, 5.74) is 3.31. The van der Waals surface area contributed by atoms with Crippen LogP contribution in [0.3, 0.4) is 0 Å². The van der Waals surface area contributed by atoms with E-state index in [1.165, 1.54) is 65.0 Å². The van der Waals surface area contributed by atoms with Gasteiger partial charge in [-0.2, -0.15) is 0 Å². The van der Waals surface area contributed by atoms with Gasteiger partial charge in [-0.05, 0) is 104 Å². The molecule has 2 aliphatic heterocycles. The van der Waals surface area contributed by atoms with Crippen molar-refractivity contribution in [1.29, 1.82) is 0 Å². The van der Waals surface area contributed by atoms with Gasteiger partial charge in [-0.25, -0.2) is 0 Å². The van der Waals surface area contributed by atoms with Gasteiger partial charge >= 0.3 is 11.9 Å². The van der Waals surface area contributed by atoms with E-state index < -0.39 is 0 Å². The summed E-state index contributed by atoms with van der Waals surface area (Å²) in [5, 5.41) is 3.38. The average molecular weight is 650 g/mol. The molecule has 2 fully saturated rings. The Morgan fingerprint density at radius 3 is 1.95 bits per heavy atom. The summed E-state index contributed by atoms with van der Waals surface area (Å²) in [6, 6.07) is 5.48. The van der Waals surface area contributed by atoms with Gasteiger partial charge in [-0.15, -0.1) is 0 Å². The zero-order valence-corrected chi connectivity index (χ0v) is 27.3. The zero-order chi connectivity index (χ0) is 30.2. The van der Waals surface area contributed by atoms with Gasteiger partial charge in [0.2, 0.25) is 0 Å². The van der Waals surface area contributed by atoms with Crippen LogP contribution in [0.2, 0.25) is 0 Å². The minimum absolute atomic E-state index is 0. The van der Waals surface area contributed by atoms with Crippen molar-refractivity contribution in [2.45, 2.75) is 110 Å². The molecule has 4 heterocycles. The molecular formula is C33H53BrN4O4. The van der Waals surface area contributed by atoms with Gasteiger partial charge in [0.1, 0.15) is 0 Å². The van der Waals surface area contributed by atoms with Gasteiger partial charge < -0.3 is 19.7 Å². The van der Waals surface area contributed by atoms with Crippen LogP contribution in [0.5, 0.6) is 0 Å². The number of carbonyl (C=O) groups excluding carboxylic acids is 2. The number of rotatable bonds is 7. The van der Waals surface area contributed by atoms with Gasteiger partial charge in [0.25, 0.3) is 0 Å². The number of carbonyl (C=O) groups is 2. The van der Waals surface area contributed by atoms with Crippen molar-refractivity contribution in [3.63, 3.8) is 0 Å². The molecule has 0 bridgehead atoms. The summed E-state index contributed by atoms with van der Waals surface area (Å²) in [5.74, 6) is -0.103. The fraction of sp³-hybridized carbons (Fsp3) is 0.636. The summed E-state index contributed by atoms with van der Waals surface area (Å²) in [4.78, 5) is 33.2. The first-order chi connectivity index (χ1) is 19.6. The number of esters is 2. The predicted molar refractivity (Wildman–Crippen MR) is 175 cm³/mol. The predicted octanol–water partition coefficient (Wildman–Crippen LogP) is 7.42. The molecule has 0 aromatic carbocycles. The molecule has 2 aliphatic rings. The monoisotopic (exact) mass is 648 g/mol. The maximum atomic E-state index is 11.4. The fourth-order valence-electron chi connectivity index (χ4n) is 4.98. The lowest BCUT2D eigenvalue weighted by Gasteiger charge is -2.35. The molecule has 8 nitrogen and oxygen atoms in total. The third kappa shape index (κ3) is 13.6. The summed E-state index contributed by atoms with van der Waals surface area (Å²) >= 11 is 3.34. The van der Waals surface area contributed by atoms with Crippen molar-refractivity contribution in [3.8, 4) is 0 Å². The lowest BCUT2D eigenvalue weighted by Crippen LogP contribution is -2.37. The summed E-state index contributed by atoms with van der Waals surface area (Å²) in [6.07, 6.45) is 16.0. The molecular weight excluding hydrogens is 596 g/mol. The van der Waals surface area contributed by atoms with E-state index in [0.717, 1.165) is 28.2 Å². The number of nitrogens with zero attached hydrogens (tertiary/aromatic N) is 3. The number of methoxy groups -OCH3 is 2. The second-order valence-electron chi connectivity index (χ2n) is 11.2. The highest BCUT2D eigenvalue weighted by Gasteiger charge is 2.20. The van der Waals surface area contributed by atoms with Crippen LogP contribution in [0, 0.1) is 0 Å². The smallest absolute Gasteiger partial charge is 0.306 e. The van der Waals surface area contributed by atoms with Crippen LogP contribution >= 0.6 is 15.9 Å². The van der Waals surface area contributed by atoms with Crippen LogP contribution in [-0.4, -0.2) is 61.3 Å². The van der Waals surface area contributed by atoms with E-state index in [1.54, 1.807) is 12.4 Å². The first-order valence-corrected chi connectivity index (χ1v) is 15.6. The number of hydrogen-bond acceptors (Lipinski definition) is 8. The number of anilines is 1. The Kier molecular flexibility index (Phi) is 18.2. The van der Waals surface area contributed by atoms with Gasteiger partial charge in [0.15, 0.2) is 0 Å². The molecule has 0 spiro atoms. The van der Waals surface area contributed by atoms with Crippen molar-refractivity contribution in [2.75, 3.05) is 32.2 Å². The number of halogens is 1. The normalized spacial score (nSPS) is 19.4. The maximum absolute atomic E-state index is 11.4. The molecule has 0 saturated carbocycles. The average Bonchev–Trinajstić information content (AvgIpc) is 2.98. The zero-order valence-electron chi connectivity index (χ0n) is 25.7. The first-order valence-electron chi connectivity index (χ1n) is 14.8. The molecule has 0 radical (unpaired) electrons. The summed E-state index contributed by atoms with van der Waals surface area (Å²) < 4.78 is 10.3. The molecule has 0 amide bonds. The van der Waals surface area contributed by atoms with Crippen LogP contribution in [0.4, 0.5) is 5.69 Å². The van der Waals surface area contributed by atoms with E-state index in [4.69, 9.17) is 4.74 Å². The van der Waals surface area contributed by atoms with E-state index in [9.17, 15) is 9.59 Å². The molecule has 2 aromatic rings. The molecule has 9 heteroatoms. The SMILES string of the molecule is C.COC(=O)C[C@H](C)c1cncc(Br)c1.COC(=O)C[C@H](C)c1cncc(N2CCCC[C@@H]2C)c1.C[C@H]1CCCCN1. The Morgan fingerprint density at radius 2 is 1.48 bits per heavy atom. The van der Waals surface area contributed by atoms with Crippen LogP contribution in [0.15, 0.2) is 41.4 Å². The van der Waals surface area contributed by atoms with Crippen LogP contribution in [-0.2, 0) is 19.1 Å². The molecule has 4 atom stereocenters. The van der Waals surface area contributed by atoms with E-state index >= 15 is 0 Å². The van der Waals surface area contributed by atoms with Crippen molar-refractivity contribution in [3.05, 3.63) is 52.5 Å². The topological polar surface area (TPSA) is 93.7 Å². The Morgan fingerprint density at radius 1 is 0.905 bits per heavy atom. The summed E-state index contributed by atoms with van der Waals surface area (Å²) in [6.45, 7) is 10.9. The number of piperidine rings is 2. The Bertz CT molecular complexity index is 1060. The highest BCUT2D eigenvalue weighted by molar-refractivity contribution is 9.10. The van der Waals surface area contributed by atoms with Gasteiger partial charge in [-0.1, -0.05) is 27.7 Å². The van der Waals surface area contributed by atoms with Crippen LogP contribution in [0.25, 0.3) is 0 Å². The van der Waals surface area contributed by atoms with Crippen LogP contribution < -0.4 is 10.2 Å². The minimum atomic E-state index is -0.197. The number of aromatic nitrogens is 2. The Balaban J connectivity index is 0.000000347. The van der Waals surface area contributed by atoms with Gasteiger partial charge in [-0.3, -0.25) is 19.6 Å². The highest BCUT2D eigenvalue weighted by Crippen LogP contribution is 2.28. The van der Waals surface area contributed by atoms with Crippen molar-refractivity contribution in [2.24, 2.45) is 0 Å². The maximum Gasteiger partial charge on any atom is 0.306 e. The van der Waals surface area contributed by atoms with Gasteiger partial charge in [0.05, 0.1) is 38.9 Å². The van der Waals surface area contributed by atoms with Crippen LogP contribution in [0.1, 0.15) is 109 Å². The minimum Gasteiger partial charge on any atom is -0.469 e. The highest BCUT2D eigenvalue weighted by atomic mass is 79.9. The second kappa shape index (κ2) is 20.4. The molecule has 236 valence electrons. The number of pyridine rings is 2. The van der Waals surface area contributed by atoms with Crippen molar-refractivity contribution >= 4 is 33.6 Å². The largest absolute Gasteiger partial charge is 0.469 e. The third-order valence-electron chi connectivity index (χ3n) is 7.70. The fourth-order valence-corrected chi connectivity index (χ4v) is 5.36. The van der Waals surface area contributed by atoms with E-state index in [2.05, 4.69) is 60.8 Å². The molecule has 2 saturated heterocycles. The molecule has 42 heavy (non-hydrogen) atoms. The number of nitrogens with one attached hydrogen (secondary N) is 1. The first kappa shape index (κ1) is 37.5. The second-order valence-corrected chi connectivity index (χ2v) is 12.1. The lowest BCUT2D eigenvalue weighted by molar-refractivity contribution is -0.141. The molecule has 1 N–H and O–H groups in total. The molecule has 4 rings (SSSR count). The third-order valence-corrected chi connectivity index (χ3v) is 8.14. The van der Waals surface area contributed by atoms with Crippen molar-refractivity contribution < 1.29 is 19.1 Å². The number of ether oxygens (including phenoxy) is 2. The Hall–Kier alpha value is -2.52. The lowest BCUT2D eigenvalue weighted by atomic mass is 9.98. The Labute approximate surface area is 262 Å². The molecule has 0 aliphatic carbocycles. The standard InChI is InChI=1S/C16H24N2O2.C10H12BrNO2.C6H13N.CH4/c1-12(8-16(19)20-3)14-9-15(11-17-10-14)18-7-5-4-6-13(18)2;1-7(3-10(13)14-2)8-4-9(11)6-12-5-8;1-6-4-2-3-5-7-6;/h9-13H,4-8H2,1-3H3;4-7H,3H2,1-2H3;6-7H,2-5H2,1H3;1H4/t12-,13-;7-;6-;/m000./s1. The summed E-state index contributed by atoms with van der Waals surface area (Å²) in [7, 11) is 2.83.